The molecular weight excluding hydrogens is 1840 g/mol. The van der Waals surface area contributed by atoms with Gasteiger partial charge < -0.3 is 71.1 Å². The Kier molecular flexibility index (Phi) is 44.4. The van der Waals surface area contributed by atoms with Gasteiger partial charge in [0.2, 0.25) is 23.6 Å². The summed E-state index contributed by atoms with van der Waals surface area (Å²) in [6.07, 6.45) is 17.5. The van der Waals surface area contributed by atoms with Crippen molar-refractivity contribution in [2.24, 2.45) is 11.8 Å². The van der Waals surface area contributed by atoms with E-state index in [1.54, 1.807) is 86.8 Å². The minimum Gasteiger partial charge on any atom is -1.00 e. The zero-order valence-corrected chi connectivity index (χ0v) is 82.1. The van der Waals surface area contributed by atoms with Crippen molar-refractivity contribution in [2.45, 2.75) is 234 Å². The summed E-state index contributed by atoms with van der Waals surface area (Å²) in [6.45, 7) is 13.8. The molecule has 2 saturated heterocycles. The predicted octanol–water partition coefficient (Wildman–Crippen LogP) is 4.56. The van der Waals surface area contributed by atoms with Gasteiger partial charge in [0.05, 0.1) is 45.8 Å². The number of nitrogens with zero attached hydrogens (tertiary/aromatic N) is 9. The van der Waals surface area contributed by atoms with Crippen molar-refractivity contribution in [1.29, 1.82) is 0 Å². The van der Waals surface area contributed by atoms with Crippen LogP contribution >= 0.6 is 22.7 Å². The Morgan fingerprint density at radius 3 is 1.45 bits per heavy atom. The molecule has 12 rings (SSSR count). The number of methoxy groups -OCH3 is 2. The molecule has 10 atom stereocenters. The smallest absolute Gasteiger partial charge is 1.00 e. The van der Waals surface area contributed by atoms with E-state index < -0.39 is 116 Å². The van der Waals surface area contributed by atoms with Crippen LogP contribution in [0.1, 0.15) is 182 Å². The van der Waals surface area contributed by atoms with Crippen LogP contribution in [0, 0.1) is 11.8 Å². The van der Waals surface area contributed by atoms with Gasteiger partial charge in [-0.05, 0) is 155 Å². The number of esters is 2. The Balaban J connectivity index is 0.000000632. The summed E-state index contributed by atoms with van der Waals surface area (Å²) in [6, 6.07) is 10.6. The average molecular weight is 1960 g/mol. The molecule has 4 fully saturated rings. The third-order valence-corrected chi connectivity index (χ3v) is 21.2. The number of aromatic amines is 1. The number of H-pyrrole nitrogens is 1. The number of alkyl carbamates (subject to hydrolysis) is 2. The summed E-state index contributed by atoms with van der Waals surface area (Å²) in [5, 5.41) is 45.8. The average Bonchev–Trinajstić information content (AvgIpc) is 1.58. The number of thiazole rings is 2. The third-order valence-electron chi connectivity index (χ3n) is 19.0. The predicted molar refractivity (Wildman–Crippen MR) is 439 cm³/mol. The molecule has 5 N–H and O–H groups in total. The number of carbonyl (C=O) groups excluding carboxylic acids is 9. The molecule has 2 aliphatic carbocycles. The molecule has 39 heteroatoms. The molecule has 119 heavy (non-hydrogen) atoms. The summed E-state index contributed by atoms with van der Waals surface area (Å²) in [5.41, 5.74) is 0.491. The second-order valence-corrected chi connectivity index (χ2v) is 33.0. The summed E-state index contributed by atoms with van der Waals surface area (Å²) >= 11 is 2.97. The van der Waals surface area contributed by atoms with Crippen molar-refractivity contribution in [3.63, 3.8) is 0 Å². The fourth-order valence-corrected chi connectivity index (χ4v) is 15.5. The molecule has 6 aromatic rings. The fraction of sp³-hybridized carbons (Fsp3) is 0.562. The molecule has 6 aliphatic rings. The number of fused-ring (bicyclic) bond motifs is 4. The van der Waals surface area contributed by atoms with Crippen LogP contribution in [0.5, 0.6) is 11.5 Å². The number of aromatic nitrogens is 8. The van der Waals surface area contributed by atoms with Gasteiger partial charge in [0.15, 0.2) is 0 Å². The second kappa shape index (κ2) is 49.4. The van der Waals surface area contributed by atoms with E-state index in [4.69, 9.17) is 52.9 Å². The van der Waals surface area contributed by atoms with Gasteiger partial charge in [0, 0.05) is 72.0 Å². The van der Waals surface area contributed by atoms with E-state index >= 15 is 0 Å². The maximum atomic E-state index is 14.5. The molecule has 2 saturated carbocycles. The number of ether oxygens (including phenoxy) is 6. The monoisotopic (exact) mass is 1950 g/mol. The standard InChI is InChI=1S/C37H47N7O7S.C26H41N3O9S.C12H10N4OS.CH2O3.4CH4.2Cs.H/c1-6-50-34(47)37-21-24(37)12-10-8-7-9-11-13-27(39-35(48)51-36(2,3)4)33(46)43-22-25(20-28(43)31(45)40-37)44-41-29(23-14-16-26(49-5)17-15-23)30(42-44)32-38-18-19-52-32;1-6-36-23(32)26-15-17(26)12-10-8-7-9-11-13-19(27-24(33)37-25(2,3)4)22(31)29-16-18(38-39(5,34)35)14-20(29)21(30)28-26;1-17-9-4-2-8(3-5-9)10-11(15-16-14-10)12-13-6-7-18-12;2-1-4-3;;;;;;;/h10,12,14-19,24-25,27-28H,6-9,11,13,20-22H2,1-5H3,(H,39,48)(H,40,45);10,12,17-20H,6-9,11,13-16H2,1-5H3,(H,27,33)(H,28,30);2-7H,1H3,(H,14,15,16);1,3H;4*1H4;;;/q;;;;;;;;2*+1;-1/p-1/b2*12-10-;;;;;;;;;/t24-,25?,27+,28+,37-;17-,18?,19+,20+,26-;;;;;;;;;/m11........./s1. The van der Waals surface area contributed by atoms with Crippen LogP contribution in [0.25, 0.3) is 43.9 Å². The number of amides is 6. The molecule has 6 amide bonds. The molecule has 4 aromatic heterocycles. The van der Waals surface area contributed by atoms with Crippen LogP contribution in [0.4, 0.5) is 9.59 Å². The van der Waals surface area contributed by atoms with E-state index in [1.807, 2.05) is 83.6 Å². The van der Waals surface area contributed by atoms with Gasteiger partial charge in [-0.25, -0.2) is 29.1 Å². The minimum atomic E-state index is -3.87. The van der Waals surface area contributed by atoms with E-state index in [9.17, 15) is 46.8 Å². The molecule has 0 spiro atoms. The number of hydrogen-bond acceptors (Lipinski definition) is 28. The van der Waals surface area contributed by atoms with Gasteiger partial charge in [-0.3, -0.25) is 28.2 Å². The van der Waals surface area contributed by atoms with E-state index in [1.165, 1.54) is 32.5 Å². The van der Waals surface area contributed by atoms with Gasteiger partial charge in [0.1, 0.15) is 90.7 Å². The number of allylic oxidation sites excluding steroid dienone is 2. The van der Waals surface area contributed by atoms with Crippen molar-refractivity contribution in [3.8, 4) is 55.4 Å². The molecule has 646 valence electrons. The van der Waals surface area contributed by atoms with E-state index in [2.05, 4.69) is 51.5 Å². The summed E-state index contributed by atoms with van der Waals surface area (Å²) in [4.78, 5) is 132. The quantitative estimate of drug-likeness (QED) is 0.0169. The Labute approximate surface area is 824 Å². The summed E-state index contributed by atoms with van der Waals surface area (Å²) in [5.74, 6) is -2.06. The molecule has 2 unspecified atom stereocenters. The number of nitrogens with one attached hydrogen (secondary N) is 5. The van der Waals surface area contributed by atoms with Gasteiger partial charge in [-0.2, -0.15) is 33.7 Å². The maximum Gasteiger partial charge on any atom is 1.00 e. The largest absolute Gasteiger partial charge is 1.00 e. The maximum absolute atomic E-state index is 14.5. The first-order valence-electron chi connectivity index (χ1n) is 37.4. The van der Waals surface area contributed by atoms with Crippen LogP contribution in [0.15, 0.2) is 96.0 Å². The van der Waals surface area contributed by atoms with Crippen molar-refractivity contribution >= 4 is 87.0 Å². The zero-order chi connectivity index (χ0) is 81.8. The zero-order valence-electron chi connectivity index (χ0n) is 68.1. The normalized spacial score (nSPS) is 23.2. The Morgan fingerprint density at radius 1 is 0.622 bits per heavy atom. The number of carbonyl (C=O) groups is 9. The number of rotatable bonds is 16. The van der Waals surface area contributed by atoms with Crippen molar-refractivity contribution < 1.29 is 234 Å². The SMILES string of the molecule is C.C.C.C.CCOC(=O)[C@@]12C[C@H]1/C=C\CCCCC[C@H](NC(=O)OC(C)(C)C)C(=O)N1CC(OS(C)(=O)=O)C[C@H]1C(=O)N2.CCOC(=O)[C@@]12C[C@H]1/C=C\CCCCC[C@H](NC(=O)OC(C)(C)C)C(=O)N1CC(n3nc(-c4ccc(OC)cc4)c(-c4nccs4)n3)C[C@H]1C(=O)N2.COc1ccc(-c2n[nH]nc2-c2nccs2)cc1.O=CO[O-].[Cs+].[Cs+].[H-]. The topological polar surface area (TPSA) is 437 Å². The molecule has 2 aromatic carbocycles. The van der Waals surface area contributed by atoms with Gasteiger partial charge in [-0.1, -0.05) is 79.7 Å². The van der Waals surface area contributed by atoms with Crippen LogP contribution in [0.3, 0.4) is 0 Å². The first kappa shape index (κ1) is 107. The summed E-state index contributed by atoms with van der Waals surface area (Å²) in [7, 11) is -0.629. The molecule has 0 radical (unpaired) electrons. The van der Waals surface area contributed by atoms with Crippen molar-refractivity contribution in [2.75, 3.05) is 46.8 Å². The fourth-order valence-electron chi connectivity index (χ4n) is 13.6. The van der Waals surface area contributed by atoms with Crippen LogP contribution in [-0.4, -0.2) is 212 Å². The van der Waals surface area contributed by atoms with Crippen LogP contribution in [-0.2, 0) is 71.7 Å². The molecule has 34 nitrogen and oxygen atoms in total. The van der Waals surface area contributed by atoms with Crippen molar-refractivity contribution in [3.05, 3.63) is 96.0 Å². The van der Waals surface area contributed by atoms with Crippen LogP contribution in [0.2, 0.25) is 0 Å². The van der Waals surface area contributed by atoms with E-state index in [0.29, 0.717) is 60.7 Å². The Morgan fingerprint density at radius 2 is 1.04 bits per heavy atom. The van der Waals surface area contributed by atoms with Crippen molar-refractivity contribution in [1.82, 2.24) is 71.4 Å². The van der Waals surface area contributed by atoms with Gasteiger partial charge in [-0.15, -0.1) is 27.8 Å². The molecule has 0 bridgehead atoms. The van der Waals surface area contributed by atoms with Gasteiger partial charge >= 0.3 is 162 Å². The minimum absolute atomic E-state index is 0. The third kappa shape index (κ3) is 30.1. The molecule has 4 aliphatic heterocycles. The molecular formula is C80H116Cs2N14O20S3. The van der Waals surface area contributed by atoms with Crippen LogP contribution < -0.4 is 174 Å². The Hall–Kier alpha value is -6.14. The Bertz CT molecular complexity index is 4440. The number of hydrogen-bond donors (Lipinski definition) is 5. The first-order chi connectivity index (χ1) is 53.9. The summed E-state index contributed by atoms with van der Waals surface area (Å²) < 4.78 is 60.9. The van der Waals surface area contributed by atoms with Gasteiger partial charge in [0.25, 0.3) is 16.6 Å². The van der Waals surface area contributed by atoms with E-state index in [0.717, 1.165) is 78.1 Å². The second-order valence-electron chi connectivity index (χ2n) is 29.6. The first-order valence-corrected chi connectivity index (χ1v) is 40.9. The van der Waals surface area contributed by atoms with E-state index in [-0.39, 0.29) is 226 Å². The number of benzene rings is 2. The molecule has 8 heterocycles.